The number of hydrogen-bond acceptors (Lipinski definition) is 4. The number of sulfonamides is 1. The van der Waals surface area contributed by atoms with E-state index in [0.717, 1.165) is 30.6 Å². The van der Waals surface area contributed by atoms with Crippen LogP contribution in [0, 0.1) is 13.8 Å². The molecular formula is C23H26N4O3S. The number of rotatable bonds is 5. The Morgan fingerprint density at radius 1 is 1.00 bits per heavy atom. The molecule has 0 saturated carbocycles. The number of anilines is 1. The van der Waals surface area contributed by atoms with Gasteiger partial charge in [0.1, 0.15) is 0 Å². The highest BCUT2D eigenvalue weighted by atomic mass is 32.2. The number of aryl methyl sites for hydroxylation is 2. The molecule has 0 spiro atoms. The predicted octanol–water partition coefficient (Wildman–Crippen LogP) is 3.92. The maximum absolute atomic E-state index is 13.1. The van der Waals surface area contributed by atoms with Gasteiger partial charge in [-0.1, -0.05) is 18.6 Å². The van der Waals surface area contributed by atoms with Gasteiger partial charge in [0.2, 0.25) is 10.0 Å². The minimum absolute atomic E-state index is 0.197. The van der Waals surface area contributed by atoms with Gasteiger partial charge in [-0.15, -0.1) is 0 Å². The zero-order valence-electron chi connectivity index (χ0n) is 17.7. The minimum Gasteiger partial charge on any atom is -0.322 e. The van der Waals surface area contributed by atoms with Crippen molar-refractivity contribution >= 4 is 21.6 Å². The van der Waals surface area contributed by atoms with E-state index in [1.165, 1.54) is 10.4 Å². The minimum atomic E-state index is -3.62. The van der Waals surface area contributed by atoms with E-state index in [9.17, 15) is 13.2 Å². The summed E-state index contributed by atoms with van der Waals surface area (Å²) in [5.41, 5.74) is 3.37. The third-order valence-electron chi connectivity index (χ3n) is 5.56. The molecule has 0 aliphatic carbocycles. The van der Waals surface area contributed by atoms with Crippen molar-refractivity contribution in [1.29, 1.82) is 0 Å². The largest absolute Gasteiger partial charge is 0.322 e. The van der Waals surface area contributed by atoms with Gasteiger partial charge in [0.05, 0.1) is 10.6 Å². The molecule has 162 valence electrons. The Balaban J connectivity index is 1.59. The van der Waals surface area contributed by atoms with Crippen LogP contribution in [-0.4, -0.2) is 41.5 Å². The van der Waals surface area contributed by atoms with Gasteiger partial charge < -0.3 is 5.32 Å². The van der Waals surface area contributed by atoms with E-state index in [2.05, 4.69) is 10.4 Å². The van der Waals surface area contributed by atoms with Crippen LogP contribution in [0.2, 0.25) is 0 Å². The smallest absolute Gasteiger partial charge is 0.255 e. The lowest BCUT2D eigenvalue weighted by atomic mass is 10.1. The molecule has 1 aliphatic heterocycles. The summed E-state index contributed by atoms with van der Waals surface area (Å²) in [7, 11) is -3.62. The highest BCUT2D eigenvalue weighted by Gasteiger charge is 2.28. The zero-order valence-corrected chi connectivity index (χ0v) is 18.5. The molecule has 31 heavy (non-hydrogen) atoms. The van der Waals surface area contributed by atoms with Crippen LogP contribution in [0.1, 0.15) is 40.9 Å². The van der Waals surface area contributed by atoms with Crippen LogP contribution in [0.15, 0.2) is 59.6 Å². The third-order valence-corrected chi connectivity index (χ3v) is 7.60. The average Bonchev–Trinajstić information content (AvgIpc) is 3.20. The van der Waals surface area contributed by atoms with Gasteiger partial charge in [0.25, 0.3) is 5.91 Å². The number of nitrogens with zero attached hydrogens (tertiary/aromatic N) is 3. The lowest BCUT2D eigenvalue weighted by Crippen LogP contribution is -2.36. The Morgan fingerprint density at radius 3 is 2.48 bits per heavy atom. The maximum atomic E-state index is 13.1. The Kier molecular flexibility index (Phi) is 5.93. The van der Waals surface area contributed by atoms with E-state index in [1.54, 1.807) is 36.0 Å². The fourth-order valence-electron chi connectivity index (χ4n) is 3.82. The number of benzene rings is 2. The van der Waals surface area contributed by atoms with Gasteiger partial charge in [-0.3, -0.25) is 4.79 Å². The molecule has 4 rings (SSSR count). The number of nitrogens with one attached hydrogen (secondary N) is 1. The summed E-state index contributed by atoms with van der Waals surface area (Å²) in [6, 6.07) is 14.1. The Morgan fingerprint density at radius 2 is 1.77 bits per heavy atom. The van der Waals surface area contributed by atoms with E-state index >= 15 is 0 Å². The third kappa shape index (κ3) is 4.40. The van der Waals surface area contributed by atoms with Gasteiger partial charge >= 0.3 is 0 Å². The Bertz CT molecular complexity index is 1210. The van der Waals surface area contributed by atoms with E-state index in [1.807, 2.05) is 31.2 Å². The molecule has 0 unspecified atom stereocenters. The first-order chi connectivity index (χ1) is 14.9. The molecule has 0 radical (unpaired) electrons. The van der Waals surface area contributed by atoms with E-state index in [0.29, 0.717) is 29.9 Å². The van der Waals surface area contributed by atoms with Gasteiger partial charge in [-0.05, 0) is 68.7 Å². The molecular weight excluding hydrogens is 412 g/mol. The Hall–Kier alpha value is -2.97. The van der Waals surface area contributed by atoms with Crippen LogP contribution < -0.4 is 5.32 Å². The quantitative estimate of drug-likeness (QED) is 0.654. The van der Waals surface area contributed by atoms with E-state index in [4.69, 9.17) is 0 Å². The van der Waals surface area contributed by atoms with Crippen LogP contribution in [0.5, 0.6) is 0 Å². The molecule has 1 aromatic heterocycles. The van der Waals surface area contributed by atoms with Gasteiger partial charge in [0, 0.05) is 36.2 Å². The number of piperidine rings is 1. The van der Waals surface area contributed by atoms with Crippen LogP contribution in [0.4, 0.5) is 5.69 Å². The fraction of sp³-hybridized carbons (Fsp3) is 0.304. The highest BCUT2D eigenvalue weighted by molar-refractivity contribution is 7.89. The van der Waals surface area contributed by atoms with Crippen molar-refractivity contribution in [2.75, 3.05) is 18.4 Å². The lowest BCUT2D eigenvalue weighted by molar-refractivity contribution is 0.102. The van der Waals surface area contributed by atoms with Crippen LogP contribution in [0.3, 0.4) is 0 Å². The summed E-state index contributed by atoms with van der Waals surface area (Å²) in [5.74, 6) is -0.357. The monoisotopic (exact) mass is 438 g/mol. The first-order valence-corrected chi connectivity index (χ1v) is 11.8. The molecule has 1 amide bonds. The highest BCUT2D eigenvalue weighted by Crippen LogP contribution is 2.25. The van der Waals surface area contributed by atoms with Gasteiger partial charge in [-0.2, -0.15) is 9.40 Å². The molecule has 0 bridgehead atoms. The van der Waals surface area contributed by atoms with Crippen molar-refractivity contribution in [3.63, 3.8) is 0 Å². The molecule has 1 fully saturated rings. The van der Waals surface area contributed by atoms with Crippen molar-refractivity contribution in [2.24, 2.45) is 0 Å². The second-order valence-corrected chi connectivity index (χ2v) is 9.74. The summed E-state index contributed by atoms with van der Waals surface area (Å²) in [5, 5.41) is 7.16. The molecule has 3 aromatic rings. The Labute approximate surface area is 182 Å². The molecule has 1 N–H and O–H groups in total. The van der Waals surface area contributed by atoms with Crippen LogP contribution >= 0.6 is 0 Å². The van der Waals surface area contributed by atoms with Crippen molar-refractivity contribution in [2.45, 2.75) is 38.0 Å². The molecule has 0 atom stereocenters. The standard InChI is InChI=1S/C23H26N4O3S/c1-17-9-10-19(15-22(17)31(29,30)26-13-4-3-5-14-26)23(28)25-20-7-6-8-21(16-20)27-18(2)11-12-24-27/h6-12,15-16H,3-5,13-14H2,1-2H3,(H,25,28). The van der Waals surface area contributed by atoms with Crippen molar-refractivity contribution in [3.05, 3.63) is 71.5 Å². The SMILES string of the molecule is Cc1ccc(C(=O)Nc2cccc(-n3nccc3C)c2)cc1S(=O)(=O)N1CCCCC1. The summed E-state index contributed by atoms with van der Waals surface area (Å²) < 4.78 is 29.6. The second-order valence-electron chi connectivity index (χ2n) is 7.83. The van der Waals surface area contributed by atoms with Crippen molar-refractivity contribution in [3.8, 4) is 5.69 Å². The number of carbonyl (C=O) groups excluding carboxylic acids is 1. The summed E-state index contributed by atoms with van der Waals surface area (Å²) in [4.78, 5) is 13.1. The number of aromatic nitrogens is 2. The van der Waals surface area contributed by atoms with Crippen LogP contribution in [-0.2, 0) is 10.0 Å². The van der Waals surface area contributed by atoms with Crippen LogP contribution in [0.25, 0.3) is 5.69 Å². The molecule has 2 aromatic carbocycles. The normalized spacial score (nSPS) is 15.0. The molecule has 8 heteroatoms. The lowest BCUT2D eigenvalue weighted by Gasteiger charge is -2.26. The second kappa shape index (κ2) is 8.64. The van der Waals surface area contributed by atoms with Gasteiger partial charge in [-0.25, -0.2) is 13.1 Å². The molecule has 2 heterocycles. The number of carbonyl (C=O) groups is 1. The van der Waals surface area contributed by atoms with Crippen molar-refractivity contribution in [1.82, 2.24) is 14.1 Å². The first-order valence-electron chi connectivity index (χ1n) is 10.4. The average molecular weight is 439 g/mol. The fourth-order valence-corrected chi connectivity index (χ4v) is 5.59. The summed E-state index contributed by atoms with van der Waals surface area (Å²) >= 11 is 0. The predicted molar refractivity (Wildman–Crippen MR) is 120 cm³/mol. The topological polar surface area (TPSA) is 84.3 Å². The number of hydrogen-bond donors (Lipinski definition) is 1. The molecule has 7 nitrogen and oxygen atoms in total. The summed E-state index contributed by atoms with van der Waals surface area (Å²) in [6.45, 7) is 4.76. The molecule has 1 saturated heterocycles. The van der Waals surface area contributed by atoms with Crippen molar-refractivity contribution < 1.29 is 13.2 Å². The van der Waals surface area contributed by atoms with E-state index in [-0.39, 0.29) is 10.8 Å². The van der Waals surface area contributed by atoms with Gasteiger partial charge in [0.15, 0.2) is 0 Å². The number of amides is 1. The molecule has 1 aliphatic rings. The zero-order chi connectivity index (χ0) is 22.0. The van der Waals surface area contributed by atoms with E-state index < -0.39 is 10.0 Å². The first kappa shape index (κ1) is 21.3. The summed E-state index contributed by atoms with van der Waals surface area (Å²) in [6.07, 6.45) is 4.50. The maximum Gasteiger partial charge on any atom is 0.255 e.